The molecule has 138 valence electrons. The summed E-state index contributed by atoms with van der Waals surface area (Å²) in [6.07, 6.45) is 1.66. The molecule has 0 amide bonds. The zero-order chi connectivity index (χ0) is 17.8. The van der Waals surface area contributed by atoms with E-state index in [1.165, 1.54) is 17.8 Å². The highest BCUT2D eigenvalue weighted by Crippen LogP contribution is 2.26. The van der Waals surface area contributed by atoms with Crippen LogP contribution in [-0.4, -0.2) is 55.2 Å². The molecule has 0 saturated heterocycles. The van der Waals surface area contributed by atoms with Crippen LogP contribution in [0.5, 0.6) is 0 Å². The fourth-order valence-electron chi connectivity index (χ4n) is 2.32. The minimum absolute atomic E-state index is 0.325. The van der Waals surface area contributed by atoms with Gasteiger partial charge in [0, 0.05) is 18.0 Å². The lowest BCUT2D eigenvalue weighted by Crippen LogP contribution is -2.38. The lowest BCUT2D eigenvalue weighted by molar-refractivity contribution is 0.191. The van der Waals surface area contributed by atoms with Crippen LogP contribution < -0.4 is 10.6 Å². The maximum atomic E-state index is 10.2. The molecule has 0 saturated carbocycles. The van der Waals surface area contributed by atoms with Crippen molar-refractivity contribution in [2.24, 2.45) is 4.99 Å². The molecular formula is C17H31ClN4OS. The van der Waals surface area contributed by atoms with Crippen LogP contribution in [0, 0.1) is 0 Å². The summed E-state index contributed by atoms with van der Waals surface area (Å²) in [4.78, 5) is 7.74. The number of guanidine groups is 1. The summed E-state index contributed by atoms with van der Waals surface area (Å²) in [6.45, 7) is 11.8. The zero-order valence-electron chi connectivity index (χ0n) is 15.0. The van der Waals surface area contributed by atoms with Crippen LogP contribution in [0.1, 0.15) is 44.6 Å². The topological polar surface area (TPSA) is 59.9 Å². The molecule has 7 heteroatoms. The Morgan fingerprint density at radius 1 is 1.25 bits per heavy atom. The number of halogens is 1. The number of rotatable bonds is 11. The maximum absolute atomic E-state index is 10.2. The molecule has 24 heavy (non-hydrogen) atoms. The smallest absolute Gasteiger partial charge is 0.191 e. The van der Waals surface area contributed by atoms with Gasteiger partial charge in [0.25, 0.3) is 0 Å². The van der Waals surface area contributed by atoms with Gasteiger partial charge in [0.15, 0.2) is 5.96 Å². The molecule has 0 aliphatic rings. The van der Waals surface area contributed by atoms with Gasteiger partial charge in [-0.15, -0.1) is 11.3 Å². The second-order valence-corrected chi connectivity index (χ2v) is 7.28. The molecule has 1 aromatic rings. The van der Waals surface area contributed by atoms with E-state index in [0.29, 0.717) is 10.9 Å². The van der Waals surface area contributed by atoms with E-state index in [1.54, 1.807) is 6.07 Å². The van der Waals surface area contributed by atoms with Crippen molar-refractivity contribution in [3.8, 4) is 0 Å². The molecular weight excluding hydrogens is 344 g/mol. The van der Waals surface area contributed by atoms with Gasteiger partial charge < -0.3 is 20.6 Å². The number of aliphatic hydroxyl groups excluding tert-OH is 1. The standard InChI is InChI=1S/C17H31ClN4OS/c1-4-19-17(20-11-7-8-12-22(5-2)6-3)21-13-14(23)15-9-10-16(18)24-15/h9-10,14,23H,4-8,11-13H2,1-3H3,(H2,19,20,21). The number of nitrogens with one attached hydrogen (secondary N) is 2. The number of hydrogen-bond donors (Lipinski definition) is 3. The number of aliphatic hydroxyl groups is 1. The molecule has 3 N–H and O–H groups in total. The molecule has 1 rings (SSSR count). The van der Waals surface area contributed by atoms with E-state index in [2.05, 4.69) is 34.4 Å². The Balaban J connectivity index is 2.34. The first-order chi connectivity index (χ1) is 11.6. The average molecular weight is 375 g/mol. The molecule has 0 spiro atoms. The van der Waals surface area contributed by atoms with E-state index in [4.69, 9.17) is 11.6 Å². The first kappa shape index (κ1) is 21.2. The highest BCUT2D eigenvalue weighted by atomic mass is 35.5. The molecule has 0 aliphatic carbocycles. The van der Waals surface area contributed by atoms with Gasteiger partial charge in [-0.2, -0.15) is 0 Å². The van der Waals surface area contributed by atoms with Crippen LogP contribution in [0.25, 0.3) is 0 Å². The van der Waals surface area contributed by atoms with E-state index in [0.717, 1.165) is 50.0 Å². The molecule has 1 unspecified atom stereocenters. The number of thiophene rings is 1. The van der Waals surface area contributed by atoms with Crippen LogP contribution in [0.4, 0.5) is 0 Å². The highest BCUT2D eigenvalue weighted by Gasteiger charge is 2.10. The molecule has 0 fully saturated rings. The number of unbranched alkanes of at least 4 members (excludes halogenated alkanes) is 1. The van der Waals surface area contributed by atoms with Crippen molar-refractivity contribution in [1.82, 2.24) is 15.5 Å². The summed E-state index contributed by atoms with van der Waals surface area (Å²) in [5.41, 5.74) is 0. The summed E-state index contributed by atoms with van der Waals surface area (Å²) in [5.74, 6) is 0.752. The van der Waals surface area contributed by atoms with Crippen LogP contribution in [0.3, 0.4) is 0 Å². The van der Waals surface area contributed by atoms with E-state index in [-0.39, 0.29) is 0 Å². The predicted octanol–water partition coefficient (Wildman–Crippen LogP) is 3.11. The van der Waals surface area contributed by atoms with Crippen molar-refractivity contribution >= 4 is 28.9 Å². The lowest BCUT2D eigenvalue weighted by atomic mass is 10.3. The fraction of sp³-hybridized carbons (Fsp3) is 0.706. The van der Waals surface area contributed by atoms with Gasteiger partial charge in [0.1, 0.15) is 6.10 Å². The van der Waals surface area contributed by atoms with Crippen LogP contribution >= 0.6 is 22.9 Å². The summed E-state index contributed by atoms with van der Waals surface area (Å²) >= 11 is 7.29. The SMILES string of the molecule is CCNC(=NCC(O)c1ccc(Cl)s1)NCCCCN(CC)CC. The van der Waals surface area contributed by atoms with Gasteiger partial charge in [-0.25, -0.2) is 0 Å². The van der Waals surface area contributed by atoms with Gasteiger partial charge in [-0.1, -0.05) is 25.4 Å². The van der Waals surface area contributed by atoms with Gasteiger partial charge in [-0.05, 0) is 51.5 Å². The van der Waals surface area contributed by atoms with E-state index >= 15 is 0 Å². The van der Waals surface area contributed by atoms with Gasteiger partial charge in [0.05, 0.1) is 10.9 Å². The van der Waals surface area contributed by atoms with Gasteiger partial charge >= 0.3 is 0 Å². The summed E-state index contributed by atoms with van der Waals surface area (Å²) < 4.78 is 0.686. The summed E-state index contributed by atoms with van der Waals surface area (Å²) in [5, 5.41) is 16.7. The van der Waals surface area contributed by atoms with Crippen LogP contribution in [0.2, 0.25) is 4.34 Å². The quantitative estimate of drug-likeness (QED) is 0.316. The molecule has 1 aromatic heterocycles. The molecule has 0 aromatic carbocycles. The molecule has 5 nitrogen and oxygen atoms in total. The number of aliphatic imine (C=N–C) groups is 1. The minimum atomic E-state index is -0.611. The van der Waals surface area contributed by atoms with Crippen molar-refractivity contribution in [2.75, 3.05) is 39.3 Å². The van der Waals surface area contributed by atoms with Gasteiger partial charge in [0.2, 0.25) is 0 Å². The third-order valence-corrected chi connectivity index (χ3v) is 5.11. The third-order valence-electron chi connectivity index (χ3n) is 3.78. The maximum Gasteiger partial charge on any atom is 0.191 e. The predicted molar refractivity (Wildman–Crippen MR) is 105 cm³/mol. The van der Waals surface area contributed by atoms with Crippen LogP contribution in [0.15, 0.2) is 17.1 Å². The normalized spacial score (nSPS) is 13.3. The van der Waals surface area contributed by atoms with Gasteiger partial charge in [-0.3, -0.25) is 4.99 Å². The molecule has 0 bridgehead atoms. The van der Waals surface area contributed by atoms with E-state index < -0.39 is 6.10 Å². The molecule has 0 aliphatic heterocycles. The fourth-order valence-corrected chi connectivity index (χ4v) is 3.36. The second-order valence-electron chi connectivity index (χ2n) is 5.54. The van der Waals surface area contributed by atoms with E-state index in [9.17, 15) is 5.11 Å². The zero-order valence-corrected chi connectivity index (χ0v) is 16.6. The largest absolute Gasteiger partial charge is 0.386 e. The number of nitrogens with zero attached hydrogens (tertiary/aromatic N) is 2. The monoisotopic (exact) mass is 374 g/mol. The third kappa shape index (κ3) is 8.33. The molecule has 1 atom stereocenters. The highest BCUT2D eigenvalue weighted by molar-refractivity contribution is 7.16. The van der Waals surface area contributed by atoms with Crippen molar-refractivity contribution in [3.05, 3.63) is 21.3 Å². The Morgan fingerprint density at radius 3 is 2.58 bits per heavy atom. The summed E-state index contributed by atoms with van der Waals surface area (Å²) in [7, 11) is 0. The minimum Gasteiger partial charge on any atom is -0.386 e. The first-order valence-corrected chi connectivity index (χ1v) is 9.97. The number of hydrogen-bond acceptors (Lipinski definition) is 4. The van der Waals surface area contributed by atoms with E-state index in [1.807, 2.05) is 13.0 Å². The average Bonchev–Trinajstić information content (AvgIpc) is 3.02. The lowest BCUT2D eigenvalue weighted by Gasteiger charge is -2.18. The first-order valence-electron chi connectivity index (χ1n) is 8.78. The Kier molecular flexibility index (Phi) is 11.1. The Labute approximate surface area is 155 Å². The summed E-state index contributed by atoms with van der Waals surface area (Å²) in [6, 6.07) is 3.65. The molecule has 0 radical (unpaired) electrons. The molecule has 1 heterocycles. The van der Waals surface area contributed by atoms with Crippen molar-refractivity contribution in [1.29, 1.82) is 0 Å². The van der Waals surface area contributed by atoms with Crippen LogP contribution in [-0.2, 0) is 0 Å². The van der Waals surface area contributed by atoms with Crippen molar-refractivity contribution in [2.45, 2.75) is 39.7 Å². The van der Waals surface area contributed by atoms with Crippen molar-refractivity contribution in [3.63, 3.8) is 0 Å². The Bertz CT molecular complexity index is 477. The Hall–Kier alpha value is -0.820. The second kappa shape index (κ2) is 12.5. The Morgan fingerprint density at radius 2 is 2.00 bits per heavy atom. The van der Waals surface area contributed by atoms with Crippen molar-refractivity contribution < 1.29 is 5.11 Å².